The molecule has 0 saturated carbocycles. The Labute approximate surface area is 174 Å². The maximum Gasteiger partial charge on any atom is 0.387 e. The van der Waals surface area contributed by atoms with Gasteiger partial charge in [0, 0.05) is 23.9 Å². The van der Waals surface area contributed by atoms with Gasteiger partial charge < -0.3 is 23.9 Å². The van der Waals surface area contributed by atoms with Crippen molar-refractivity contribution in [2.24, 2.45) is 0 Å². The Kier molecular flexibility index (Phi) is 6.65. The topological polar surface area (TPSA) is 113 Å². The summed E-state index contributed by atoms with van der Waals surface area (Å²) in [5.41, 5.74) is 0.221. The number of ether oxygens (including phenoxy) is 3. The molecule has 0 saturated heterocycles. The largest absolute Gasteiger partial charge is 0.493 e. The van der Waals surface area contributed by atoms with Crippen molar-refractivity contribution < 1.29 is 37.1 Å². The summed E-state index contributed by atoms with van der Waals surface area (Å²) in [4.78, 5) is 22.5. The molecule has 0 bridgehead atoms. The molecule has 0 aliphatic carbocycles. The molecule has 162 valence electrons. The standard InChI is InChI=1S/C20H16F2N2O7/c1-28-18-10-12(2-8-16(18)31-20(21)22)23-19(25)17-9-7-15(30-17)11-29-14-5-3-13(4-6-14)24(26)27/h2-10,20H,11H2,1H3,(H,23,25). The van der Waals surface area contributed by atoms with E-state index in [0.717, 1.165) is 0 Å². The summed E-state index contributed by atoms with van der Waals surface area (Å²) in [6.45, 7) is -3.01. The van der Waals surface area contributed by atoms with Gasteiger partial charge in [0.05, 0.1) is 12.0 Å². The molecular formula is C20H16F2N2O7. The highest BCUT2D eigenvalue weighted by Gasteiger charge is 2.15. The number of nitro groups is 1. The fourth-order valence-electron chi connectivity index (χ4n) is 2.53. The van der Waals surface area contributed by atoms with Gasteiger partial charge in [-0.2, -0.15) is 8.78 Å². The molecule has 0 unspecified atom stereocenters. The molecule has 3 aromatic rings. The van der Waals surface area contributed by atoms with Gasteiger partial charge in [-0.25, -0.2) is 0 Å². The van der Waals surface area contributed by atoms with Gasteiger partial charge in [-0.15, -0.1) is 0 Å². The second-order valence-electron chi connectivity index (χ2n) is 6.00. The number of carbonyl (C=O) groups is 1. The van der Waals surface area contributed by atoms with Crippen LogP contribution in [0.3, 0.4) is 0 Å². The number of anilines is 1. The van der Waals surface area contributed by atoms with Crippen molar-refractivity contribution in [1.29, 1.82) is 0 Å². The zero-order chi connectivity index (χ0) is 22.4. The van der Waals surface area contributed by atoms with E-state index in [1.807, 2.05) is 0 Å². The van der Waals surface area contributed by atoms with Gasteiger partial charge in [0.1, 0.15) is 18.1 Å². The number of nitrogens with one attached hydrogen (secondary N) is 1. The number of hydrogen-bond acceptors (Lipinski definition) is 7. The van der Waals surface area contributed by atoms with Crippen molar-refractivity contribution in [2.45, 2.75) is 13.2 Å². The lowest BCUT2D eigenvalue weighted by atomic mass is 10.2. The number of alkyl halides is 2. The minimum Gasteiger partial charge on any atom is -0.493 e. The molecule has 0 fully saturated rings. The number of halogens is 2. The molecule has 1 heterocycles. The molecule has 0 atom stereocenters. The average molecular weight is 434 g/mol. The van der Waals surface area contributed by atoms with Crippen molar-refractivity contribution in [1.82, 2.24) is 0 Å². The SMILES string of the molecule is COc1cc(NC(=O)c2ccc(COc3ccc([N+](=O)[O-])cc3)o2)ccc1OC(F)F. The second-order valence-corrected chi connectivity index (χ2v) is 6.00. The molecule has 2 aromatic carbocycles. The number of carbonyl (C=O) groups excluding carboxylic acids is 1. The summed E-state index contributed by atoms with van der Waals surface area (Å²) in [7, 11) is 1.28. The maximum atomic E-state index is 12.4. The number of amides is 1. The van der Waals surface area contributed by atoms with Crippen LogP contribution in [0.1, 0.15) is 16.3 Å². The van der Waals surface area contributed by atoms with Crippen LogP contribution in [0.4, 0.5) is 20.2 Å². The van der Waals surface area contributed by atoms with Crippen LogP contribution in [0, 0.1) is 10.1 Å². The van der Waals surface area contributed by atoms with E-state index in [0.29, 0.717) is 11.5 Å². The first kappa shape index (κ1) is 21.6. The lowest BCUT2D eigenvalue weighted by Gasteiger charge is -2.11. The van der Waals surface area contributed by atoms with E-state index in [9.17, 15) is 23.7 Å². The molecule has 0 spiro atoms. The summed E-state index contributed by atoms with van der Waals surface area (Å²) in [5, 5.41) is 13.2. The maximum absolute atomic E-state index is 12.4. The Bertz CT molecular complexity index is 1070. The molecule has 0 aliphatic heterocycles. The lowest BCUT2D eigenvalue weighted by molar-refractivity contribution is -0.384. The monoisotopic (exact) mass is 434 g/mol. The molecule has 9 nitrogen and oxygen atoms in total. The smallest absolute Gasteiger partial charge is 0.387 e. The van der Waals surface area contributed by atoms with Gasteiger partial charge >= 0.3 is 6.61 Å². The Morgan fingerprint density at radius 2 is 1.87 bits per heavy atom. The molecular weight excluding hydrogens is 418 g/mol. The normalized spacial score (nSPS) is 10.6. The van der Waals surface area contributed by atoms with Crippen LogP contribution in [0.5, 0.6) is 17.2 Å². The first-order chi connectivity index (χ1) is 14.9. The predicted molar refractivity (Wildman–Crippen MR) is 104 cm³/mol. The summed E-state index contributed by atoms with van der Waals surface area (Å²) < 4.78 is 45.0. The van der Waals surface area contributed by atoms with Crippen LogP contribution in [0.2, 0.25) is 0 Å². The van der Waals surface area contributed by atoms with Crippen molar-refractivity contribution >= 4 is 17.3 Å². The Morgan fingerprint density at radius 1 is 1.13 bits per heavy atom. The fraction of sp³-hybridized carbons (Fsp3) is 0.150. The Morgan fingerprint density at radius 3 is 2.52 bits per heavy atom. The number of nitrogens with zero attached hydrogens (tertiary/aromatic N) is 1. The van der Waals surface area contributed by atoms with Gasteiger partial charge in [0.2, 0.25) is 0 Å². The summed E-state index contributed by atoms with van der Waals surface area (Å²) >= 11 is 0. The predicted octanol–water partition coefficient (Wildman–Crippen LogP) is 4.63. The van der Waals surface area contributed by atoms with Crippen LogP contribution in [-0.4, -0.2) is 24.6 Å². The minimum absolute atomic E-state index is 0.00141. The van der Waals surface area contributed by atoms with Crippen molar-refractivity contribution in [3.05, 3.63) is 76.2 Å². The highest BCUT2D eigenvalue weighted by molar-refractivity contribution is 6.02. The number of nitro benzene ring substituents is 1. The third kappa shape index (κ3) is 5.69. The van der Waals surface area contributed by atoms with E-state index in [1.54, 1.807) is 6.07 Å². The van der Waals surface area contributed by atoms with Crippen LogP contribution in [0.15, 0.2) is 59.0 Å². The molecule has 1 amide bonds. The summed E-state index contributed by atoms with van der Waals surface area (Å²) in [6.07, 6.45) is 0. The highest BCUT2D eigenvalue weighted by Crippen LogP contribution is 2.31. The number of hydrogen-bond donors (Lipinski definition) is 1. The van der Waals surface area contributed by atoms with Gasteiger partial charge in [-0.3, -0.25) is 14.9 Å². The van der Waals surface area contributed by atoms with Crippen LogP contribution < -0.4 is 19.5 Å². The summed E-state index contributed by atoms with van der Waals surface area (Å²) in [5.74, 6) is 0.0159. The van der Waals surface area contributed by atoms with E-state index in [4.69, 9.17) is 13.9 Å². The molecule has 0 radical (unpaired) electrons. The first-order valence-corrected chi connectivity index (χ1v) is 8.76. The van der Waals surface area contributed by atoms with Crippen LogP contribution in [-0.2, 0) is 6.61 Å². The minimum atomic E-state index is -3.01. The zero-order valence-electron chi connectivity index (χ0n) is 16.0. The van der Waals surface area contributed by atoms with E-state index in [-0.39, 0.29) is 35.2 Å². The van der Waals surface area contributed by atoms with Gasteiger partial charge in [-0.05, 0) is 36.4 Å². The van der Waals surface area contributed by atoms with Crippen LogP contribution in [0.25, 0.3) is 0 Å². The highest BCUT2D eigenvalue weighted by atomic mass is 19.3. The summed E-state index contributed by atoms with van der Waals surface area (Å²) in [6, 6.07) is 12.4. The molecule has 0 aliphatic rings. The third-order valence-corrected chi connectivity index (χ3v) is 3.95. The number of benzene rings is 2. The van der Waals surface area contributed by atoms with E-state index in [2.05, 4.69) is 10.1 Å². The number of rotatable bonds is 9. The lowest BCUT2D eigenvalue weighted by Crippen LogP contribution is -2.11. The van der Waals surface area contributed by atoms with Crippen molar-refractivity contribution in [3.8, 4) is 17.2 Å². The van der Waals surface area contributed by atoms with Crippen molar-refractivity contribution in [2.75, 3.05) is 12.4 Å². The van der Waals surface area contributed by atoms with Crippen molar-refractivity contribution in [3.63, 3.8) is 0 Å². The number of non-ortho nitro benzene ring substituents is 1. The van der Waals surface area contributed by atoms with E-state index < -0.39 is 17.4 Å². The molecule has 1 N–H and O–H groups in total. The molecule has 3 rings (SSSR count). The van der Waals surface area contributed by atoms with E-state index >= 15 is 0 Å². The van der Waals surface area contributed by atoms with Gasteiger partial charge in [-0.1, -0.05) is 0 Å². The van der Waals surface area contributed by atoms with Gasteiger partial charge in [0.15, 0.2) is 17.3 Å². The van der Waals surface area contributed by atoms with Gasteiger partial charge in [0.25, 0.3) is 11.6 Å². The third-order valence-electron chi connectivity index (χ3n) is 3.95. The van der Waals surface area contributed by atoms with E-state index in [1.165, 1.54) is 55.6 Å². The fourth-order valence-corrected chi connectivity index (χ4v) is 2.53. The van der Waals surface area contributed by atoms with Crippen LogP contribution >= 0.6 is 0 Å². The molecule has 11 heteroatoms. The first-order valence-electron chi connectivity index (χ1n) is 8.76. The quantitative estimate of drug-likeness (QED) is 0.386. The zero-order valence-corrected chi connectivity index (χ0v) is 16.0. The molecule has 1 aromatic heterocycles. The Hall–Kier alpha value is -4.15. The molecule has 31 heavy (non-hydrogen) atoms. The number of furan rings is 1. The average Bonchev–Trinajstić information content (AvgIpc) is 3.22. The Balaban J connectivity index is 1.60. The second kappa shape index (κ2) is 9.57. The number of methoxy groups -OCH3 is 1.